The predicted octanol–water partition coefficient (Wildman–Crippen LogP) is 1.86. The topological polar surface area (TPSA) is 95.6 Å². The van der Waals surface area contributed by atoms with Crippen molar-refractivity contribution >= 4 is 11.6 Å². The smallest absolute Gasteiger partial charge is 0.132 e. The maximum atomic E-state index is 6.03. The summed E-state index contributed by atoms with van der Waals surface area (Å²) in [5.74, 6) is 1.68. The molecule has 6 heteroatoms. The minimum Gasteiger partial charge on any atom is -0.384 e. The molecule has 1 aromatic carbocycles. The van der Waals surface area contributed by atoms with E-state index in [1.165, 1.54) is 0 Å². The second kappa shape index (κ2) is 5.24. The van der Waals surface area contributed by atoms with Crippen LogP contribution in [0.25, 0.3) is 11.3 Å². The molecule has 4 N–H and O–H groups in total. The summed E-state index contributed by atoms with van der Waals surface area (Å²) in [4.78, 5) is 8.31. The summed E-state index contributed by atoms with van der Waals surface area (Å²) >= 11 is 0. The number of anilines is 2. The van der Waals surface area contributed by atoms with Gasteiger partial charge in [0.25, 0.3) is 0 Å². The zero-order chi connectivity index (χ0) is 14.8. The fourth-order valence-electron chi connectivity index (χ4n) is 2.10. The van der Waals surface area contributed by atoms with Gasteiger partial charge in [0.05, 0.1) is 12.2 Å². The van der Waals surface area contributed by atoms with Gasteiger partial charge in [-0.25, -0.2) is 14.6 Å². The van der Waals surface area contributed by atoms with E-state index in [2.05, 4.69) is 15.1 Å². The van der Waals surface area contributed by atoms with Crippen LogP contribution in [0, 0.1) is 6.92 Å². The van der Waals surface area contributed by atoms with E-state index < -0.39 is 0 Å². The van der Waals surface area contributed by atoms with Crippen molar-refractivity contribution in [3.8, 4) is 11.3 Å². The second-order valence-electron chi connectivity index (χ2n) is 4.81. The monoisotopic (exact) mass is 280 g/mol. The molecule has 0 amide bonds. The van der Waals surface area contributed by atoms with Crippen LogP contribution >= 0.6 is 0 Å². The average molecular weight is 280 g/mol. The van der Waals surface area contributed by atoms with Crippen LogP contribution in [-0.4, -0.2) is 19.7 Å². The average Bonchev–Trinajstić information content (AvgIpc) is 2.84. The van der Waals surface area contributed by atoms with Crippen LogP contribution in [0.15, 0.2) is 42.6 Å². The standard InChI is InChI=1S/C15H16N6/c1-10-18-8-12(15(17)19-10)9-21-14(16)7-13(20-21)11-5-3-2-4-6-11/h2-8H,9,16H2,1H3,(H2,17,18,19). The third-order valence-electron chi connectivity index (χ3n) is 3.22. The molecular formula is C15H16N6. The third-order valence-corrected chi connectivity index (χ3v) is 3.22. The molecule has 2 heterocycles. The molecule has 21 heavy (non-hydrogen) atoms. The number of benzene rings is 1. The van der Waals surface area contributed by atoms with Gasteiger partial charge in [-0.1, -0.05) is 30.3 Å². The lowest BCUT2D eigenvalue weighted by Gasteiger charge is -2.06. The number of hydrogen-bond acceptors (Lipinski definition) is 5. The molecule has 0 aliphatic rings. The Labute approximate surface area is 122 Å². The van der Waals surface area contributed by atoms with E-state index in [9.17, 15) is 0 Å². The highest BCUT2D eigenvalue weighted by molar-refractivity contribution is 5.62. The van der Waals surface area contributed by atoms with E-state index in [0.29, 0.717) is 24.0 Å². The Balaban J connectivity index is 1.91. The minimum atomic E-state index is 0.449. The van der Waals surface area contributed by atoms with Crippen LogP contribution in [0.5, 0.6) is 0 Å². The van der Waals surface area contributed by atoms with Crippen LogP contribution in [0.2, 0.25) is 0 Å². The van der Waals surface area contributed by atoms with Crippen molar-refractivity contribution in [3.05, 3.63) is 54.0 Å². The van der Waals surface area contributed by atoms with Gasteiger partial charge in [-0.05, 0) is 6.92 Å². The molecule has 0 aliphatic carbocycles. The van der Waals surface area contributed by atoms with Gasteiger partial charge < -0.3 is 11.5 Å². The zero-order valence-electron chi connectivity index (χ0n) is 11.7. The van der Waals surface area contributed by atoms with Gasteiger partial charge in [0.1, 0.15) is 17.5 Å². The van der Waals surface area contributed by atoms with Crippen molar-refractivity contribution in [3.63, 3.8) is 0 Å². The lowest BCUT2D eigenvalue weighted by Crippen LogP contribution is -2.09. The Morgan fingerprint density at radius 3 is 2.62 bits per heavy atom. The largest absolute Gasteiger partial charge is 0.384 e. The Hall–Kier alpha value is -2.89. The molecule has 0 unspecified atom stereocenters. The van der Waals surface area contributed by atoms with Crippen LogP contribution in [0.1, 0.15) is 11.4 Å². The molecule has 0 fully saturated rings. The Kier molecular flexibility index (Phi) is 3.27. The van der Waals surface area contributed by atoms with Crippen LogP contribution in [-0.2, 0) is 6.54 Å². The molecule has 0 spiro atoms. The first-order valence-corrected chi connectivity index (χ1v) is 6.60. The molecule has 0 saturated heterocycles. The fraction of sp³-hybridized carbons (Fsp3) is 0.133. The van der Waals surface area contributed by atoms with Crippen molar-refractivity contribution < 1.29 is 0 Å². The number of nitrogens with two attached hydrogens (primary N) is 2. The van der Waals surface area contributed by atoms with Crippen LogP contribution in [0.4, 0.5) is 11.6 Å². The summed E-state index contributed by atoms with van der Waals surface area (Å²) < 4.78 is 1.70. The van der Waals surface area contributed by atoms with Crippen LogP contribution < -0.4 is 11.5 Å². The minimum absolute atomic E-state index is 0.449. The molecule has 0 atom stereocenters. The Bertz CT molecular complexity index is 763. The summed E-state index contributed by atoms with van der Waals surface area (Å²) in [5, 5.41) is 4.52. The van der Waals surface area contributed by atoms with Crippen LogP contribution in [0.3, 0.4) is 0 Å². The lowest BCUT2D eigenvalue weighted by molar-refractivity contribution is 0.695. The lowest BCUT2D eigenvalue weighted by atomic mass is 10.2. The first-order valence-electron chi connectivity index (χ1n) is 6.60. The molecule has 0 bridgehead atoms. The van der Waals surface area contributed by atoms with Crippen molar-refractivity contribution in [1.82, 2.24) is 19.7 Å². The van der Waals surface area contributed by atoms with E-state index in [1.54, 1.807) is 17.8 Å². The molecule has 3 aromatic rings. The molecule has 0 radical (unpaired) electrons. The summed E-state index contributed by atoms with van der Waals surface area (Å²) in [6.45, 7) is 2.25. The first kappa shape index (κ1) is 13.1. The van der Waals surface area contributed by atoms with E-state index in [1.807, 2.05) is 36.4 Å². The fourth-order valence-corrected chi connectivity index (χ4v) is 2.10. The number of rotatable bonds is 3. The van der Waals surface area contributed by atoms with Crippen molar-refractivity contribution in [1.29, 1.82) is 0 Å². The summed E-state index contributed by atoms with van der Waals surface area (Å²) in [6, 6.07) is 11.7. The number of nitrogens with zero attached hydrogens (tertiary/aromatic N) is 4. The molecule has 106 valence electrons. The number of aryl methyl sites for hydroxylation is 1. The Morgan fingerprint density at radius 1 is 1.14 bits per heavy atom. The van der Waals surface area contributed by atoms with Gasteiger partial charge >= 0.3 is 0 Å². The van der Waals surface area contributed by atoms with E-state index in [0.717, 1.165) is 16.8 Å². The predicted molar refractivity (Wildman–Crippen MR) is 82.4 cm³/mol. The molecular weight excluding hydrogens is 264 g/mol. The molecule has 2 aromatic heterocycles. The van der Waals surface area contributed by atoms with Crippen molar-refractivity contribution in [2.24, 2.45) is 0 Å². The second-order valence-corrected chi connectivity index (χ2v) is 4.81. The first-order chi connectivity index (χ1) is 10.1. The normalized spacial score (nSPS) is 10.7. The molecule has 3 rings (SSSR count). The summed E-state index contributed by atoms with van der Waals surface area (Å²) in [7, 11) is 0. The highest BCUT2D eigenvalue weighted by Gasteiger charge is 2.10. The maximum Gasteiger partial charge on any atom is 0.132 e. The highest BCUT2D eigenvalue weighted by Crippen LogP contribution is 2.21. The molecule has 0 saturated carbocycles. The number of nitrogen functional groups attached to an aromatic ring is 2. The van der Waals surface area contributed by atoms with Gasteiger partial charge in [-0.2, -0.15) is 5.10 Å². The van der Waals surface area contributed by atoms with Gasteiger partial charge in [-0.3, -0.25) is 0 Å². The third kappa shape index (κ3) is 2.69. The summed E-state index contributed by atoms with van der Waals surface area (Å²) in [6.07, 6.45) is 1.71. The highest BCUT2D eigenvalue weighted by atomic mass is 15.3. The maximum absolute atomic E-state index is 6.03. The zero-order valence-corrected chi connectivity index (χ0v) is 11.7. The Morgan fingerprint density at radius 2 is 1.90 bits per heavy atom. The number of hydrogen-bond donors (Lipinski definition) is 2. The van der Waals surface area contributed by atoms with Gasteiger partial charge in [0.2, 0.25) is 0 Å². The van der Waals surface area contributed by atoms with Gasteiger partial charge in [0, 0.05) is 23.4 Å². The van der Waals surface area contributed by atoms with Gasteiger partial charge in [-0.15, -0.1) is 0 Å². The molecule has 6 nitrogen and oxygen atoms in total. The number of aromatic nitrogens is 4. The van der Waals surface area contributed by atoms with Crippen molar-refractivity contribution in [2.45, 2.75) is 13.5 Å². The molecule has 0 aliphatic heterocycles. The van der Waals surface area contributed by atoms with Crippen molar-refractivity contribution in [2.75, 3.05) is 11.5 Å². The quantitative estimate of drug-likeness (QED) is 0.763. The van der Waals surface area contributed by atoms with Gasteiger partial charge in [0.15, 0.2) is 0 Å². The summed E-state index contributed by atoms with van der Waals surface area (Å²) in [5.41, 5.74) is 14.6. The SMILES string of the molecule is Cc1ncc(Cn2nc(-c3ccccc3)cc2N)c(N)n1. The van der Waals surface area contributed by atoms with E-state index in [-0.39, 0.29) is 0 Å². The van der Waals surface area contributed by atoms with E-state index >= 15 is 0 Å². The van der Waals surface area contributed by atoms with E-state index in [4.69, 9.17) is 11.5 Å².